The Morgan fingerprint density at radius 1 is 1.29 bits per heavy atom. The van der Waals surface area contributed by atoms with E-state index in [-0.39, 0.29) is 0 Å². The number of hydrogen-bond acceptors (Lipinski definition) is 2. The second-order valence-corrected chi connectivity index (χ2v) is 4.89. The summed E-state index contributed by atoms with van der Waals surface area (Å²) in [5, 5.41) is 3.67. The molecule has 0 bridgehead atoms. The van der Waals surface area contributed by atoms with Crippen molar-refractivity contribution < 1.29 is 0 Å². The third-order valence-electron chi connectivity index (χ3n) is 3.27. The van der Waals surface area contributed by atoms with Gasteiger partial charge in [-0.3, -0.25) is 4.98 Å². The predicted molar refractivity (Wildman–Crippen MR) is 74.1 cm³/mol. The lowest BCUT2D eigenvalue weighted by Gasteiger charge is -2.25. The zero-order valence-electron chi connectivity index (χ0n) is 11.4. The molecular formula is C15H26N2. The van der Waals surface area contributed by atoms with Crippen LogP contribution in [-0.2, 0) is 6.42 Å². The van der Waals surface area contributed by atoms with Crippen molar-refractivity contribution in [2.24, 2.45) is 5.92 Å². The number of rotatable bonds is 8. The maximum Gasteiger partial charge on any atom is 0.0300 e. The molecule has 96 valence electrons. The fourth-order valence-corrected chi connectivity index (χ4v) is 2.23. The lowest BCUT2D eigenvalue weighted by atomic mass is 9.92. The van der Waals surface area contributed by atoms with Gasteiger partial charge in [0.15, 0.2) is 0 Å². The molecule has 17 heavy (non-hydrogen) atoms. The van der Waals surface area contributed by atoms with Crippen LogP contribution in [0.1, 0.15) is 45.6 Å². The van der Waals surface area contributed by atoms with Crippen molar-refractivity contribution >= 4 is 0 Å². The molecule has 2 heteroatoms. The van der Waals surface area contributed by atoms with E-state index in [1.165, 1.54) is 24.8 Å². The normalized spacial score (nSPS) is 14.5. The zero-order valence-corrected chi connectivity index (χ0v) is 11.4. The number of pyridine rings is 1. The Morgan fingerprint density at radius 3 is 2.71 bits per heavy atom. The van der Waals surface area contributed by atoms with E-state index in [4.69, 9.17) is 0 Å². The van der Waals surface area contributed by atoms with E-state index >= 15 is 0 Å². The van der Waals surface area contributed by atoms with Crippen molar-refractivity contribution in [2.75, 3.05) is 6.54 Å². The van der Waals surface area contributed by atoms with Crippen molar-refractivity contribution in [3.8, 4) is 0 Å². The van der Waals surface area contributed by atoms with Gasteiger partial charge >= 0.3 is 0 Å². The standard InChI is InChI=1S/C15H26N2/c1-4-7-13(3)15(17-9-5-2)11-14-8-6-10-16-12-14/h6,8,10,12-13,15,17H,4-5,7,9,11H2,1-3H3. The molecule has 2 nitrogen and oxygen atoms in total. The summed E-state index contributed by atoms with van der Waals surface area (Å²) in [6, 6.07) is 4.78. The van der Waals surface area contributed by atoms with Crippen molar-refractivity contribution in [3.05, 3.63) is 30.1 Å². The van der Waals surface area contributed by atoms with Crippen molar-refractivity contribution in [2.45, 2.75) is 52.5 Å². The van der Waals surface area contributed by atoms with Crippen LogP contribution in [0.15, 0.2) is 24.5 Å². The van der Waals surface area contributed by atoms with Crippen molar-refractivity contribution in [1.82, 2.24) is 10.3 Å². The van der Waals surface area contributed by atoms with Crippen LogP contribution in [0.3, 0.4) is 0 Å². The minimum atomic E-state index is 0.582. The average molecular weight is 234 g/mol. The molecule has 0 saturated carbocycles. The Kier molecular flexibility index (Phi) is 6.87. The molecule has 0 aliphatic carbocycles. The first-order chi connectivity index (χ1) is 8.27. The number of nitrogens with one attached hydrogen (secondary N) is 1. The molecule has 1 aromatic heterocycles. The van der Waals surface area contributed by atoms with E-state index in [1.54, 1.807) is 0 Å². The Morgan fingerprint density at radius 2 is 2.12 bits per heavy atom. The maximum atomic E-state index is 4.20. The molecule has 0 spiro atoms. The zero-order chi connectivity index (χ0) is 12.5. The highest BCUT2D eigenvalue weighted by atomic mass is 14.9. The van der Waals surface area contributed by atoms with Crippen LogP contribution in [0.4, 0.5) is 0 Å². The average Bonchev–Trinajstić information content (AvgIpc) is 2.36. The molecule has 1 aromatic rings. The first-order valence-corrected chi connectivity index (χ1v) is 6.90. The van der Waals surface area contributed by atoms with Gasteiger partial charge in [-0.1, -0.05) is 33.3 Å². The molecule has 2 atom stereocenters. The van der Waals surface area contributed by atoms with Crippen molar-refractivity contribution in [1.29, 1.82) is 0 Å². The van der Waals surface area contributed by atoms with Gasteiger partial charge in [0.25, 0.3) is 0 Å². The minimum absolute atomic E-state index is 0.582. The number of nitrogens with zero attached hydrogens (tertiary/aromatic N) is 1. The summed E-state index contributed by atoms with van der Waals surface area (Å²) in [6.07, 6.45) is 8.67. The Bertz CT molecular complexity index is 284. The second-order valence-electron chi connectivity index (χ2n) is 4.89. The summed E-state index contributed by atoms with van der Waals surface area (Å²) in [5.41, 5.74) is 1.34. The van der Waals surface area contributed by atoms with Crippen LogP contribution in [0.5, 0.6) is 0 Å². The molecule has 0 aliphatic rings. The van der Waals surface area contributed by atoms with E-state index in [0.29, 0.717) is 6.04 Å². The summed E-state index contributed by atoms with van der Waals surface area (Å²) in [5.74, 6) is 0.728. The Balaban J connectivity index is 2.56. The highest BCUT2D eigenvalue weighted by Crippen LogP contribution is 2.15. The molecule has 0 amide bonds. The molecule has 2 unspecified atom stereocenters. The van der Waals surface area contributed by atoms with E-state index < -0.39 is 0 Å². The van der Waals surface area contributed by atoms with Crippen LogP contribution >= 0.6 is 0 Å². The van der Waals surface area contributed by atoms with Crippen LogP contribution in [0.2, 0.25) is 0 Å². The molecule has 1 N–H and O–H groups in total. The summed E-state index contributed by atoms with van der Waals surface area (Å²) >= 11 is 0. The molecule has 0 aliphatic heterocycles. The SMILES string of the molecule is CCCNC(Cc1cccnc1)C(C)CCC. The third-order valence-corrected chi connectivity index (χ3v) is 3.27. The highest BCUT2D eigenvalue weighted by Gasteiger charge is 2.16. The minimum Gasteiger partial charge on any atom is -0.313 e. The summed E-state index contributed by atoms with van der Waals surface area (Å²) in [7, 11) is 0. The van der Waals surface area contributed by atoms with Gasteiger partial charge in [0.05, 0.1) is 0 Å². The molecular weight excluding hydrogens is 208 g/mol. The van der Waals surface area contributed by atoms with Crippen LogP contribution in [0, 0.1) is 5.92 Å². The van der Waals surface area contributed by atoms with E-state index in [9.17, 15) is 0 Å². The number of hydrogen-bond donors (Lipinski definition) is 1. The Hall–Kier alpha value is -0.890. The van der Waals surface area contributed by atoms with Gasteiger partial charge in [0, 0.05) is 18.4 Å². The van der Waals surface area contributed by atoms with Crippen molar-refractivity contribution in [3.63, 3.8) is 0 Å². The summed E-state index contributed by atoms with van der Waals surface area (Å²) in [6.45, 7) is 7.95. The Labute approximate surface area is 106 Å². The van der Waals surface area contributed by atoms with Gasteiger partial charge in [-0.2, -0.15) is 0 Å². The van der Waals surface area contributed by atoms with Gasteiger partial charge in [-0.15, -0.1) is 0 Å². The molecule has 0 aromatic carbocycles. The lowest BCUT2D eigenvalue weighted by molar-refractivity contribution is 0.352. The van der Waals surface area contributed by atoms with Crippen LogP contribution in [-0.4, -0.2) is 17.6 Å². The highest BCUT2D eigenvalue weighted by molar-refractivity contribution is 5.10. The topological polar surface area (TPSA) is 24.9 Å². The largest absolute Gasteiger partial charge is 0.313 e. The monoisotopic (exact) mass is 234 g/mol. The fraction of sp³-hybridized carbons (Fsp3) is 0.667. The quantitative estimate of drug-likeness (QED) is 0.745. The number of aromatic nitrogens is 1. The maximum absolute atomic E-state index is 4.20. The predicted octanol–water partition coefficient (Wildman–Crippen LogP) is 3.43. The van der Waals surface area contributed by atoms with E-state index in [1.807, 2.05) is 18.5 Å². The third kappa shape index (κ3) is 5.31. The van der Waals surface area contributed by atoms with Gasteiger partial charge in [-0.25, -0.2) is 0 Å². The fourth-order valence-electron chi connectivity index (χ4n) is 2.23. The first kappa shape index (κ1) is 14.2. The molecule has 1 heterocycles. The van der Waals surface area contributed by atoms with E-state index in [2.05, 4.69) is 37.1 Å². The van der Waals surface area contributed by atoms with Crippen LogP contribution in [0.25, 0.3) is 0 Å². The van der Waals surface area contributed by atoms with Crippen LogP contribution < -0.4 is 5.32 Å². The molecule has 0 radical (unpaired) electrons. The van der Waals surface area contributed by atoms with Gasteiger partial charge < -0.3 is 5.32 Å². The smallest absolute Gasteiger partial charge is 0.0300 e. The summed E-state index contributed by atoms with van der Waals surface area (Å²) < 4.78 is 0. The lowest BCUT2D eigenvalue weighted by Crippen LogP contribution is -2.37. The first-order valence-electron chi connectivity index (χ1n) is 6.90. The van der Waals surface area contributed by atoms with E-state index in [0.717, 1.165) is 18.9 Å². The molecule has 0 fully saturated rings. The van der Waals surface area contributed by atoms with Gasteiger partial charge in [0.1, 0.15) is 0 Å². The van der Waals surface area contributed by atoms with Gasteiger partial charge in [0.2, 0.25) is 0 Å². The second kappa shape index (κ2) is 8.24. The molecule has 0 saturated heterocycles. The molecule has 1 rings (SSSR count). The van der Waals surface area contributed by atoms with Gasteiger partial charge in [-0.05, 0) is 43.4 Å². The summed E-state index contributed by atoms with van der Waals surface area (Å²) in [4.78, 5) is 4.20.